The summed E-state index contributed by atoms with van der Waals surface area (Å²) in [5, 5.41) is 11.3. The molecular weight excluding hydrogens is 191 g/mol. The summed E-state index contributed by atoms with van der Waals surface area (Å²) in [4.78, 5) is 10.1. The van der Waals surface area contributed by atoms with Gasteiger partial charge in [-0.05, 0) is 5.38 Å². The van der Waals surface area contributed by atoms with E-state index in [0.717, 1.165) is 0 Å². The summed E-state index contributed by atoms with van der Waals surface area (Å²) in [5.74, 6) is -1.51. The van der Waals surface area contributed by atoms with Crippen molar-refractivity contribution in [3.05, 3.63) is 21.3 Å². The standard InChI is InChI=1S/C6H4ClFO2S/c7-4-2-11-1-3(4)5(8)6(9)10/h1-2,5H,(H,9,10). The van der Waals surface area contributed by atoms with E-state index in [1.165, 1.54) is 22.1 Å². The molecule has 1 heterocycles. The van der Waals surface area contributed by atoms with Crippen LogP contribution in [0.2, 0.25) is 5.02 Å². The summed E-state index contributed by atoms with van der Waals surface area (Å²) in [6.45, 7) is 0. The quantitative estimate of drug-likeness (QED) is 0.786. The number of hydrogen-bond donors (Lipinski definition) is 1. The molecule has 2 nitrogen and oxygen atoms in total. The summed E-state index contributed by atoms with van der Waals surface area (Å²) in [6.07, 6.45) is -2.01. The van der Waals surface area contributed by atoms with Crippen molar-refractivity contribution in [2.75, 3.05) is 0 Å². The summed E-state index contributed by atoms with van der Waals surface area (Å²) in [7, 11) is 0. The molecule has 0 saturated carbocycles. The molecular formula is C6H4ClFO2S. The monoisotopic (exact) mass is 194 g/mol. The zero-order valence-corrected chi connectivity index (χ0v) is 6.82. The predicted molar refractivity (Wildman–Crippen MR) is 40.8 cm³/mol. The number of carboxylic acids is 1. The van der Waals surface area contributed by atoms with Gasteiger partial charge in [0, 0.05) is 10.9 Å². The molecule has 1 aromatic heterocycles. The second kappa shape index (κ2) is 3.19. The lowest BCUT2D eigenvalue weighted by Gasteiger charge is -1.98. The van der Waals surface area contributed by atoms with E-state index in [4.69, 9.17) is 16.7 Å². The molecule has 0 aliphatic heterocycles. The van der Waals surface area contributed by atoms with Crippen LogP contribution < -0.4 is 0 Å². The maximum atomic E-state index is 12.7. The smallest absolute Gasteiger partial charge is 0.343 e. The van der Waals surface area contributed by atoms with Crippen molar-refractivity contribution in [1.29, 1.82) is 0 Å². The number of carbonyl (C=O) groups is 1. The highest BCUT2D eigenvalue weighted by molar-refractivity contribution is 7.08. The average Bonchev–Trinajstić information content (AvgIpc) is 2.33. The van der Waals surface area contributed by atoms with Crippen molar-refractivity contribution in [3.63, 3.8) is 0 Å². The highest BCUT2D eigenvalue weighted by Gasteiger charge is 2.21. The van der Waals surface area contributed by atoms with E-state index in [9.17, 15) is 9.18 Å². The molecule has 11 heavy (non-hydrogen) atoms. The van der Waals surface area contributed by atoms with Crippen LogP contribution in [0.15, 0.2) is 10.8 Å². The van der Waals surface area contributed by atoms with Crippen molar-refractivity contribution in [2.24, 2.45) is 0 Å². The molecule has 1 atom stereocenters. The van der Waals surface area contributed by atoms with Gasteiger partial charge in [-0.3, -0.25) is 0 Å². The van der Waals surface area contributed by atoms with Gasteiger partial charge in [-0.15, -0.1) is 0 Å². The lowest BCUT2D eigenvalue weighted by atomic mass is 10.2. The SMILES string of the molecule is O=C(O)C(F)c1cscc1Cl. The molecule has 1 rings (SSSR count). The normalized spacial score (nSPS) is 12.9. The van der Waals surface area contributed by atoms with E-state index in [0.29, 0.717) is 0 Å². The molecule has 1 unspecified atom stereocenters. The Balaban J connectivity index is 2.92. The molecule has 0 spiro atoms. The van der Waals surface area contributed by atoms with Crippen LogP contribution in [0.3, 0.4) is 0 Å². The van der Waals surface area contributed by atoms with Gasteiger partial charge in [-0.25, -0.2) is 9.18 Å². The maximum Gasteiger partial charge on any atom is 0.343 e. The fourth-order valence-corrected chi connectivity index (χ4v) is 1.69. The minimum absolute atomic E-state index is 0.0316. The molecule has 5 heteroatoms. The van der Waals surface area contributed by atoms with Gasteiger partial charge in [-0.1, -0.05) is 11.6 Å². The Bertz CT molecular complexity index is 273. The van der Waals surface area contributed by atoms with Crippen LogP contribution in [-0.4, -0.2) is 11.1 Å². The van der Waals surface area contributed by atoms with Gasteiger partial charge in [0.05, 0.1) is 5.02 Å². The van der Waals surface area contributed by atoms with Gasteiger partial charge in [0.2, 0.25) is 6.17 Å². The molecule has 0 aromatic carbocycles. The van der Waals surface area contributed by atoms with Gasteiger partial charge in [0.15, 0.2) is 0 Å². The Kier molecular flexibility index (Phi) is 2.46. The van der Waals surface area contributed by atoms with Crippen LogP contribution >= 0.6 is 22.9 Å². The molecule has 0 aliphatic rings. The Morgan fingerprint density at radius 2 is 2.36 bits per heavy atom. The van der Waals surface area contributed by atoms with Gasteiger partial charge < -0.3 is 5.11 Å². The molecule has 0 bridgehead atoms. The highest BCUT2D eigenvalue weighted by atomic mass is 35.5. The average molecular weight is 195 g/mol. The van der Waals surface area contributed by atoms with Crippen LogP contribution in [0.5, 0.6) is 0 Å². The number of carboxylic acid groups (broad SMARTS) is 1. The fraction of sp³-hybridized carbons (Fsp3) is 0.167. The summed E-state index contributed by atoms with van der Waals surface area (Å²) < 4.78 is 12.7. The molecule has 1 aromatic rings. The van der Waals surface area contributed by atoms with Crippen LogP contribution in [0.25, 0.3) is 0 Å². The number of rotatable bonds is 2. The molecule has 0 saturated heterocycles. The second-order valence-corrected chi connectivity index (χ2v) is 3.03. The first-order valence-electron chi connectivity index (χ1n) is 2.71. The maximum absolute atomic E-state index is 12.7. The third-order valence-electron chi connectivity index (χ3n) is 1.13. The lowest BCUT2D eigenvalue weighted by molar-refractivity contribution is -0.143. The third-order valence-corrected chi connectivity index (χ3v) is 2.35. The number of alkyl halides is 1. The van der Waals surface area contributed by atoms with E-state index in [-0.39, 0.29) is 10.6 Å². The Morgan fingerprint density at radius 3 is 2.73 bits per heavy atom. The van der Waals surface area contributed by atoms with Crippen molar-refractivity contribution >= 4 is 28.9 Å². The molecule has 0 aliphatic carbocycles. The number of thiophene rings is 1. The van der Waals surface area contributed by atoms with Crippen LogP contribution in [0.4, 0.5) is 4.39 Å². The van der Waals surface area contributed by atoms with E-state index >= 15 is 0 Å². The van der Waals surface area contributed by atoms with Gasteiger partial charge in [-0.2, -0.15) is 11.3 Å². The predicted octanol–water partition coefficient (Wildman–Crippen LogP) is 2.50. The lowest BCUT2D eigenvalue weighted by Crippen LogP contribution is -2.04. The Labute approximate surface area is 71.2 Å². The van der Waals surface area contributed by atoms with Crippen LogP contribution in [0, 0.1) is 0 Å². The minimum Gasteiger partial charge on any atom is -0.479 e. The molecule has 0 amide bonds. The fourth-order valence-electron chi connectivity index (χ4n) is 0.605. The van der Waals surface area contributed by atoms with Crippen LogP contribution in [0.1, 0.15) is 11.7 Å². The summed E-state index contributed by atoms with van der Waals surface area (Å²) in [6, 6.07) is 0. The third kappa shape index (κ3) is 1.70. The van der Waals surface area contributed by atoms with E-state index in [1.54, 1.807) is 0 Å². The van der Waals surface area contributed by atoms with Crippen molar-refractivity contribution in [1.82, 2.24) is 0 Å². The zero-order valence-electron chi connectivity index (χ0n) is 5.25. The first-order valence-corrected chi connectivity index (χ1v) is 4.03. The largest absolute Gasteiger partial charge is 0.479 e. The molecule has 60 valence electrons. The van der Waals surface area contributed by atoms with Gasteiger partial charge >= 0.3 is 5.97 Å². The van der Waals surface area contributed by atoms with Crippen molar-refractivity contribution < 1.29 is 14.3 Å². The van der Waals surface area contributed by atoms with E-state index in [2.05, 4.69) is 0 Å². The van der Waals surface area contributed by atoms with Crippen molar-refractivity contribution in [2.45, 2.75) is 6.17 Å². The topological polar surface area (TPSA) is 37.3 Å². The summed E-state index contributed by atoms with van der Waals surface area (Å²) >= 11 is 6.66. The number of aliphatic carboxylic acids is 1. The molecule has 0 radical (unpaired) electrons. The van der Waals surface area contributed by atoms with E-state index in [1.807, 2.05) is 0 Å². The van der Waals surface area contributed by atoms with Crippen molar-refractivity contribution in [3.8, 4) is 0 Å². The van der Waals surface area contributed by atoms with Gasteiger partial charge in [0.25, 0.3) is 0 Å². The molecule has 0 fully saturated rings. The number of halogens is 2. The Hall–Kier alpha value is -0.610. The van der Waals surface area contributed by atoms with E-state index < -0.39 is 12.1 Å². The second-order valence-electron chi connectivity index (χ2n) is 1.88. The summed E-state index contributed by atoms with van der Waals surface area (Å²) in [5.41, 5.74) is 0.0316. The zero-order chi connectivity index (χ0) is 8.43. The number of hydrogen-bond acceptors (Lipinski definition) is 2. The minimum atomic E-state index is -2.01. The first-order chi connectivity index (χ1) is 5.13. The first kappa shape index (κ1) is 8.49. The molecule has 1 N–H and O–H groups in total. The van der Waals surface area contributed by atoms with Crippen LogP contribution in [-0.2, 0) is 4.79 Å². The van der Waals surface area contributed by atoms with Gasteiger partial charge in [0.1, 0.15) is 0 Å². The Morgan fingerprint density at radius 1 is 1.73 bits per heavy atom. The highest BCUT2D eigenvalue weighted by Crippen LogP contribution is 2.29.